The van der Waals surface area contributed by atoms with Crippen molar-refractivity contribution in [2.45, 2.75) is 40.8 Å². The summed E-state index contributed by atoms with van der Waals surface area (Å²) in [6, 6.07) is 18.5. The van der Waals surface area contributed by atoms with Crippen LogP contribution in [0.1, 0.15) is 47.2 Å². The van der Waals surface area contributed by atoms with Crippen molar-refractivity contribution in [1.29, 1.82) is 0 Å². The minimum atomic E-state index is -0.287. The number of amides is 2. The van der Waals surface area contributed by atoms with Gasteiger partial charge in [-0.25, -0.2) is 0 Å². The predicted molar refractivity (Wildman–Crippen MR) is 212 cm³/mol. The van der Waals surface area contributed by atoms with Crippen molar-refractivity contribution in [2.24, 2.45) is 0 Å². The van der Waals surface area contributed by atoms with Gasteiger partial charge < -0.3 is 29.6 Å². The van der Waals surface area contributed by atoms with Gasteiger partial charge in [0.1, 0.15) is 11.5 Å². The normalized spacial score (nSPS) is 11.2. The second-order valence-corrected chi connectivity index (χ2v) is 13.1. The lowest BCUT2D eigenvalue weighted by molar-refractivity contribution is -0.117. The molecule has 0 aliphatic rings. The van der Waals surface area contributed by atoms with Crippen LogP contribution in [0.3, 0.4) is 0 Å². The van der Waals surface area contributed by atoms with E-state index in [1.54, 1.807) is 41.2 Å². The number of aryl methyl sites for hydroxylation is 2. The van der Waals surface area contributed by atoms with Crippen LogP contribution in [0.2, 0.25) is 20.1 Å². The van der Waals surface area contributed by atoms with Gasteiger partial charge in [-0.3, -0.25) is 9.59 Å². The zero-order valence-corrected chi connectivity index (χ0v) is 33.3. The second-order valence-electron chi connectivity index (χ2n) is 11.6. The second kappa shape index (κ2) is 20.0. The number of benzene rings is 4. The first-order valence-electron chi connectivity index (χ1n) is 16.0. The van der Waals surface area contributed by atoms with Crippen LogP contribution >= 0.6 is 46.4 Å². The summed E-state index contributed by atoms with van der Waals surface area (Å²) in [7, 11) is 6.22. The Morgan fingerprint density at radius 2 is 0.904 bits per heavy atom. The van der Waals surface area contributed by atoms with Gasteiger partial charge in [-0.1, -0.05) is 76.7 Å². The zero-order chi connectivity index (χ0) is 38.5. The molecule has 276 valence electrons. The molecule has 0 bridgehead atoms. The third kappa shape index (κ3) is 11.3. The number of nitrogens with one attached hydrogen (secondary N) is 2. The molecule has 2 N–H and O–H groups in total. The van der Waals surface area contributed by atoms with E-state index in [1.807, 2.05) is 68.4 Å². The molecule has 4 aromatic carbocycles. The molecular weight excluding hydrogens is 746 g/mol. The molecule has 8 nitrogen and oxygen atoms in total. The number of hydrogen-bond acceptors (Lipinski definition) is 6. The Bertz CT molecular complexity index is 1810. The van der Waals surface area contributed by atoms with Crippen LogP contribution < -0.4 is 29.6 Å². The summed E-state index contributed by atoms with van der Waals surface area (Å²) in [6.45, 7) is 8.09. The molecule has 0 spiro atoms. The summed E-state index contributed by atoms with van der Waals surface area (Å²) in [5.41, 5.74) is 6.15. The molecule has 4 rings (SSSR count). The van der Waals surface area contributed by atoms with E-state index in [2.05, 4.69) is 10.6 Å². The lowest BCUT2D eigenvalue weighted by atomic mass is 9.98. The summed E-state index contributed by atoms with van der Waals surface area (Å²) in [4.78, 5) is 25.3. The van der Waals surface area contributed by atoms with E-state index in [4.69, 9.17) is 65.4 Å². The van der Waals surface area contributed by atoms with E-state index in [9.17, 15) is 9.59 Å². The number of methoxy groups -OCH3 is 4. The van der Waals surface area contributed by atoms with Crippen molar-refractivity contribution in [3.63, 3.8) is 0 Å². The average molecular weight is 789 g/mol. The molecule has 52 heavy (non-hydrogen) atoms. The number of rotatable bonds is 12. The summed E-state index contributed by atoms with van der Waals surface area (Å²) >= 11 is 25.2. The molecule has 12 heteroatoms. The van der Waals surface area contributed by atoms with Gasteiger partial charge in [-0.2, -0.15) is 0 Å². The van der Waals surface area contributed by atoms with Crippen molar-refractivity contribution < 1.29 is 28.5 Å². The fourth-order valence-electron chi connectivity index (χ4n) is 4.97. The van der Waals surface area contributed by atoms with Crippen LogP contribution in [0, 0.1) is 13.8 Å². The summed E-state index contributed by atoms with van der Waals surface area (Å²) in [6.07, 6.45) is 2.92. The Morgan fingerprint density at radius 1 is 0.558 bits per heavy atom. The van der Waals surface area contributed by atoms with Gasteiger partial charge in [-0.15, -0.1) is 0 Å². The molecule has 0 aromatic heterocycles. The molecule has 0 atom stereocenters. The fraction of sp³-hybridized carbons (Fsp3) is 0.250. The molecular formula is C40H42Cl4N2O6. The van der Waals surface area contributed by atoms with Crippen LogP contribution in [0.4, 0.5) is 0 Å². The number of halogens is 4. The maximum atomic E-state index is 12.7. The first-order chi connectivity index (χ1) is 24.7. The highest BCUT2D eigenvalue weighted by molar-refractivity contribution is 6.39. The average Bonchev–Trinajstić information content (AvgIpc) is 3.13. The van der Waals surface area contributed by atoms with Crippen molar-refractivity contribution in [3.8, 4) is 23.0 Å². The van der Waals surface area contributed by atoms with E-state index in [-0.39, 0.29) is 27.6 Å². The SMILES string of the molecule is COc1c(Cl)c(C)cc(C)c1Cl.COc1ccc(CNC(=O)/C=C(/C)c2cc(/C(C)=C\C(=O)NCc3ccc(OC)cc3)c(Cl)c(OC)c2Cl)cc1. The first kappa shape index (κ1) is 42.1. The van der Waals surface area contributed by atoms with Crippen molar-refractivity contribution in [3.05, 3.63) is 126 Å². The van der Waals surface area contributed by atoms with Gasteiger partial charge in [0.2, 0.25) is 11.8 Å². The molecule has 0 saturated heterocycles. The lowest BCUT2D eigenvalue weighted by Gasteiger charge is -2.16. The summed E-state index contributed by atoms with van der Waals surface area (Å²) in [5, 5.41) is 7.45. The topological polar surface area (TPSA) is 95.1 Å². The van der Waals surface area contributed by atoms with Crippen LogP contribution in [0.25, 0.3) is 11.1 Å². The van der Waals surface area contributed by atoms with Gasteiger partial charge in [0, 0.05) is 36.4 Å². The smallest absolute Gasteiger partial charge is 0.244 e. The quantitative estimate of drug-likeness (QED) is 0.139. The van der Waals surface area contributed by atoms with Crippen LogP contribution in [0.5, 0.6) is 23.0 Å². The molecule has 0 radical (unpaired) electrons. The largest absolute Gasteiger partial charge is 0.497 e. The predicted octanol–water partition coefficient (Wildman–Crippen LogP) is 10.1. The Kier molecular flexibility index (Phi) is 16.2. The Hall–Kier alpha value is -4.34. The fourth-order valence-corrected chi connectivity index (χ4v) is 6.27. The van der Waals surface area contributed by atoms with E-state index >= 15 is 0 Å². The molecule has 0 aliphatic heterocycles. The van der Waals surface area contributed by atoms with Crippen molar-refractivity contribution in [2.75, 3.05) is 28.4 Å². The monoisotopic (exact) mass is 786 g/mol. The van der Waals surface area contributed by atoms with Gasteiger partial charge in [0.25, 0.3) is 0 Å². The van der Waals surface area contributed by atoms with Crippen molar-refractivity contribution in [1.82, 2.24) is 10.6 Å². The number of allylic oxidation sites excluding steroid dienone is 2. The molecule has 2 amide bonds. The Labute approximate surface area is 325 Å². The van der Waals surface area contributed by atoms with E-state index in [1.165, 1.54) is 19.3 Å². The summed E-state index contributed by atoms with van der Waals surface area (Å²) in [5.74, 6) is 1.73. The Balaban J connectivity index is 0.000000513. The molecule has 4 aromatic rings. The minimum Gasteiger partial charge on any atom is -0.497 e. The number of carbonyl (C=O) groups excluding carboxylic acids is 2. The maximum absolute atomic E-state index is 12.7. The molecule has 0 unspecified atom stereocenters. The van der Waals surface area contributed by atoms with Gasteiger partial charge >= 0.3 is 0 Å². The number of ether oxygens (including phenoxy) is 4. The lowest BCUT2D eigenvalue weighted by Crippen LogP contribution is -2.20. The number of hydrogen-bond donors (Lipinski definition) is 2. The van der Waals surface area contributed by atoms with Crippen LogP contribution in [0.15, 0.2) is 72.8 Å². The number of carbonyl (C=O) groups is 2. The summed E-state index contributed by atoms with van der Waals surface area (Å²) < 4.78 is 20.9. The third-order valence-electron chi connectivity index (χ3n) is 7.89. The van der Waals surface area contributed by atoms with E-state index in [0.29, 0.717) is 51.2 Å². The highest BCUT2D eigenvalue weighted by Gasteiger charge is 2.19. The molecule has 0 fully saturated rings. The molecule has 0 aliphatic carbocycles. The highest BCUT2D eigenvalue weighted by Crippen LogP contribution is 2.43. The molecule has 0 heterocycles. The van der Waals surface area contributed by atoms with Crippen LogP contribution in [-0.4, -0.2) is 40.3 Å². The van der Waals surface area contributed by atoms with Crippen molar-refractivity contribution >= 4 is 69.4 Å². The third-order valence-corrected chi connectivity index (χ3v) is 9.58. The van der Waals surface area contributed by atoms with Crippen LogP contribution in [-0.2, 0) is 22.7 Å². The van der Waals surface area contributed by atoms with E-state index in [0.717, 1.165) is 33.8 Å². The standard InChI is InChI=1S/C31H32Cl2N2O5.C9H10Cl2O/c1-19(14-27(36)34-17-21-6-10-23(38-3)11-7-21)25-16-26(30(33)31(40-5)29(25)32)20(2)15-28(37)35-18-22-8-12-24(39-4)13-9-22;1-5-4-6(2)8(11)9(12-3)7(5)10/h6-16H,17-18H2,1-5H3,(H,34,36)(H,35,37);4H,1-3H3/b19-14-,20-15-;. The zero-order valence-electron chi connectivity index (χ0n) is 30.3. The van der Waals surface area contributed by atoms with E-state index < -0.39 is 0 Å². The van der Waals surface area contributed by atoms with Gasteiger partial charge in [0.15, 0.2) is 11.5 Å². The maximum Gasteiger partial charge on any atom is 0.244 e. The molecule has 0 saturated carbocycles. The Morgan fingerprint density at radius 3 is 1.23 bits per heavy atom. The first-order valence-corrected chi connectivity index (χ1v) is 17.5. The minimum absolute atomic E-state index is 0.258. The highest BCUT2D eigenvalue weighted by atomic mass is 35.5. The van der Waals surface area contributed by atoms with Gasteiger partial charge in [-0.05, 0) is 91.4 Å². The van der Waals surface area contributed by atoms with Gasteiger partial charge in [0.05, 0.1) is 48.5 Å².